The fraction of sp³-hybridized carbons (Fsp3) is 0.320. The van der Waals surface area contributed by atoms with Crippen molar-refractivity contribution in [2.45, 2.75) is 56.7 Å². The van der Waals surface area contributed by atoms with Gasteiger partial charge in [-0.2, -0.15) is 9.78 Å². The molecule has 6 heteroatoms. The topological polar surface area (TPSA) is 64.0 Å². The van der Waals surface area contributed by atoms with Crippen molar-refractivity contribution in [1.82, 2.24) is 9.78 Å². The summed E-state index contributed by atoms with van der Waals surface area (Å²) < 4.78 is 1.40. The number of anilines is 1. The molecular formula is C25H27N3O2S. The van der Waals surface area contributed by atoms with Gasteiger partial charge in [0.25, 0.3) is 5.56 Å². The van der Waals surface area contributed by atoms with E-state index in [2.05, 4.69) is 16.5 Å². The van der Waals surface area contributed by atoms with E-state index >= 15 is 0 Å². The number of rotatable bonds is 5. The van der Waals surface area contributed by atoms with Gasteiger partial charge in [-0.05, 0) is 93.0 Å². The minimum Gasteiger partial charge on any atom is -0.325 e. The van der Waals surface area contributed by atoms with Crippen LogP contribution >= 0.6 is 11.8 Å². The minimum absolute atomic E-state index is 0.0605. The molecule has 1 N–H and O–H groups in total. The number of carbonyl (C=O) groups excluding carboxylic acids is 1. The Labute approximate surface area is 186 Å². The van der Waals surface area contributed by atoms with E-state index in [4.69, 9.17) is 0 Å². The summed E-state index contributed by atoms with van der Waals surface area (Å²) in [6, 6.07) is 15.2. The zero-order chi connectivity index (χ0) is 22.0. The summed E-state index contributed by atoms with van der Waals surface area (Å²) in [5.41, 5.74) is 6.32. The number of thioether (sulfide) groups is 1. The Balaban J connectivity index is 1.51. The zero-order valence-corrected chi connectivity index (χ0v) is 19.0. The first-order valence-corrected chi connectivity index (χ1v) is 11.6. The molecule has 160 valence electrons. The molecule has 0 spiro atoms. The Bertz CT molecular complexity index is 1190. The van der Waals surface area contributed by atoms with E-state index in [1.807, 2.05) is 51.1 Å². The highest BCUT2D eigenvalue weighted by Crippen LogP contribution is 2.29. The zero-order valence-electron chi connectivity index (χ0n) is 18.1. The Morgan fingerprint density at radius 3 is 2.68 bits per heavy atom. The number of fused-ring (bicyclic) bond motifs is 1. The van der Waals surface area contributed by atoms with E-state index < -0.39 is 0 Å². The molecule has 1 aliphatic rings. The molecule has 4 rings (SSSR count). The van der Waals surface area contributed by atoms with Gasteiger partial charge < -0.3 is 5.32 Å². The fourth-order valence-electron chi connectivity index (χ4n) is 3.87. The third kappa shape index (κ3) is 4.74. The lowest BCUT2D eigenvalue weighted by atomic mass is 9.90. The molecule has 0 saturated carbocycles. The van der Waals surface area contributed by atoms with Gasteiger partial charge in [0.1, 0.15) is 5.03 Å². The lowest BCUT2D eigenvalue weighted by Crippen LogP contribution is -2.25. The second-order valence-electron chi connectivity index (χ2n) is 8.09. The van der Waals surface area contributed by atoms with Crippen LogP contribution in [0.4, 0.5) is 5.69 Å². The lowest BCUT2D eigenvalue weighted by Gasteiger charge is -2.20. The summed E-state index contributed by atoms with van der Waals surface area (Å²) in [5.74, 6) is -0.0605. The van der Waals surface area contributed by atoms with Crippen LogP contribution < -0.4 is 10.9 Å². The third-order valence-electron chi connectivity index (χ3n) is 5.83. The first kappa shape index (κ1) is 21.4. The van der Waals surface area contributed by atoms with E-state index in [-0.39, 0.29) is 16.7 Å². The summed E-state index contributed by atoms with van der Waals surface area (Å²) in [7, 11) is 0. The molecule has 31 heavy (non-hydrogen) atoms. The van der Waals surface area contributed by atoms with Crippen LogP contribution in [-0.4, -0.2) is 20.9 Å². The van der Waals surface area contributed by atoms with Gasteiger partial charge in [0, 0.05) is 11.8 Å². The van der Waals surface area contributed by atoms with Gasteiger partial charge in [-0.15, -0.1) is 0 Å². The van der Waals surface area contributed by atoms with Crippen molar-refractivity contribution in [2.75, 3.05) is 5.32 Å². The van der Waals surface area contributed by atoms with Crippen molar-refractivity contribution < 1.29 is 4.79 Å². The number of aromatic nitrogens is 2. The van der Waals surface area contributed by atoms with Gasteiger partial charge in [-0.25, -0.2) is 0 Å². The highest BCUT2D eigenvalue weighted by Gasteiger charge is 2.19. The monoisotopic (exact) mass is 433 g/mol. The SMILES string of the molecule is Cc1ccc(-n2nc(S[C@@H](C)C(=O)Nc3cccc4c3CCCC4)ccc2=O)cc1C. The van der Waals surface area contributed by atoms with Gasteiger partial charge in [0.2, 0.25) is 5.91 Å². The largest absolute Gasteiger partial charge is 0.325 e. The van der Waals surface area contributed by atoms with Crippen molar-refractivity contribution in [3.05, 3.63) is 81.1 Å². The van der Waals surface area contributed by atoms with E-state index in [1.54, 1.807) is 6.07 Å². The highest BCUT2D eigenvalue weighted by atomic mass is 32.2. The Kier molecular flexibility index (Phi) is 6.28. The minimum atomic E-state index is -0.349. The van der Waals surface area contributed by atoms with Gasteiger partial charge in [0.15, 0.2) is 0 Å². The molecule has 2 aromatic carbocycles. The Hall–Kier alpha value is -2.86. The molecule has 0 aliphatic heterocycles. The van der Waals surface area contributed by atoms with Crippen LogP contribution in [0.15, 0.2) is 58.4 Å². The van der Waals surface area contributed by atoms with E-state index in [1.165, 1.54) is 40.1 Å². The van der Waals surface area contributed by atoms with Crippen LogP contribution in [0, 0.1) is 13.8 Å². The average Bonchev–Trinajstić information content (AvgIpc) is 2.77. The Morgan fingerprint density at radius 1 is 1.06 bits per heavy atom. The maximum atomic E-state index is 12.9. The highest BCUT2D eigenvalue weighted by molar-refractivity contribution is 8.00. The number of aryl methyl sites for hydroxylation is 3. The number of carbonyl (C=O) groups is 1. The van der Waals surface area contributed by atoms with Gasteiger partial charge in [-0.3, -0.25) is 9.59 Å². The first-order valence-electron chi connectivity index (χ1n) is 10.7. The van der Waals surface area contributed by atoms with Crippen LogP contribution in [0.5, 0.6) is 0 Å². The Morgan fingerprint density at radius 2 is 1.87 bits per heavy atom. The summed E-state index contributed by atoms with van der Waals surface area (Å²) in [4.78, 5) is 25.3. The van der Waals surface area contributed by atoms with E-state index in [9.17, 15) is 9.59 Å². The molecule has 0 fully saturated rings. The number of amides is 1. The molecule has 1 heterocycles. The number of hydrogen-bond donors (Lipinski definition) is 1. The van der Waals surface area contributed by atoms with Crippen LogP contribution in [0.1, 0.15) is 42.0 Å². The smallest absolute Gasteiger partial charge is 0.271 e. The molecule has 3 aromatic rings. The predicted octanol–water partition coefficient (Wildman–Crippen LogP) is 4.85. The summed E-state index contributed by atoms with van der Waals surface area (Å²) >= 11 is 1.35. The van der Waals surface area contributed by atoms with Gasteiger partial charge in [-0.1, -0.05) is 30.0 Å². The van der Waals surface area contributed by atoms with Gasteiger partial charge >= 0.3 is 0 Å². The molecule has 1 atom stereocenters. The lowest BCUT2D eigenvalue weighted by molar-refractivity contribution is -0.115. The predicted molar refractivity (Wildman–Crippen MR) is 126 cm³/mol. The normalized spacial score (nSPS) is 14.0. The number of nitrogens with one attached hydrogen (secondary N) is 1. The third-order valence-corrected chi connectivity index (χ3v) is 6.86. The fourth-order valence-corrected chi connectivity index (χ4v) is 4.67. The molecule has 1 aliphatic carbocycles. The number of nitrogens with zero attached hydrogens (tertiary/aromatic N) is 2. The molecule has 0 unspecified atom stereocenters. The summed E-state index contributed by atoms with van der Waals surface area (Å²) in [5, 5.41) is 7.89. The molecule has 1 amide bonds. The summed E-state index contributed by atoms with van der Waals surface area (Å²) in [6.07, 6.45) is 4.45. The van der Waals surface area contributed by atoms with Crippen LogP contribution in [0.25, 0.3) is 5.69 Å². The molecule has 0 saturated heterocycles. The summed E-state index contributed by atoms with van der Waals surface area (Å²) in [6.45, 7) is 5.91. The van der Waals surface area contributed by atoms with Crippen LogP contribution in [0.2, 0.25) is 0 Å². The maximum Gasteiger partial charge on any atom is 0.271 e. The van der Waals surface area contributed by atoms with Crippen LogP contribution in [0.3, 0.4) is 0 Å². The maximum absolute atomic E-state index is 12.9. The molecule has 5 nitrogen and oxygen atoms in total. The van der Waals surface area contributed by atoms with E-state index in [0.29, 0.717) is 5.03 Å². The van der Waals surface area contributed by atoms with Gasteiger partial charge in [0.05, 0.1) is 10.9 Å². The van der Waals surface area contributed by atoms with Crippen LogP contribution in [-0.2, 0) is 17.6 Å². The van der Waals surface area contributed by atoms with Crippen molar-refractivity contribution in [1.29, 1.82) is 0 Å². The quantitative estimate of drug-likeness (QED) is 0.585. The molecule has 1 aromatic heterocycles. The number of benzene rings is 2. The molecule has 0 bridgehead atoms. The van der Waals surface area contributed by atoms with Crippen molar-refractivity contribution in [3.8, 4) is 5.69 Å². The first-order chi connectivity index (χ1) is 14.9. The second kappa shape index (κ2) is 9.10. The van der Waals surface area contributed by atoms with E-state index in [0.717, 1.165) is 41.8 Å². The molecular weight excluding hydrogens is 406 g/mol. The molecule has 0 radical (unpaired) electrons. The standard InChI is InChI=1S/C25H27N3O2S/c1-16-11-12-20(15-17(16)2)28-24(29)14-13-23(27-28)31-18(3)25(30)26-22-10-6-8-19-7-4-5-9-21(19)22/h6,8,10-15,18H,4-5,7,9H2,1-3H3,(H,26,30)/t18-/m0/s1. The average molecular weight is 434 g/mol. The van der Waals surface area contributed by atoms with Crippen molar-refractivity contribution in [2.24, 2.45) is 0 Å². The van der Waals surface area contributed by atoms with Crippen molar-refractivity contribution >= 4 is 23.4 Å². The number of hydrogen-bond acceptors (Lipinski definition) is 4. The second-order valence-corrected chi connectivity index (χ2v) is 9.45. The van der Waals surface area contributed by atoms with Crippen molar-refractivity contribution in [3.63, 3.8) is 0 Å².